The van der Waals surface area contributed by atoms with Crippen LogP contribution in [0.3, 0.4) is 0 Å². The minimum Gasteiger partial charge on any atom is -0.484 e. The number of ether oxygens (including phenoxy) is 1. The zero-order chi connectivity index (χ0) is 18.5. The molecule has 3 aromatic rings. The minimum atomic E-state index is -0.0828. The van der Waals surface area contributed by atoms with Gasteiger partial charge in [-0.15, -0.1) is 0 Å². The molecule has 3 aromatic carbocycles. The quantitative estimate of drug-likeness (QED) is 0.733. The van der Waals surface area contributed by atoms with Crippen LogP contribution in [0.25, 0.3) is 10.8 Å². The number of nitrogens with one attached hydrogen (secondary N) is 1. The fourth-order valence-electron chi connectivity index (χ4n) is 3.56. The Morgan fingerprint density at radius 2 is 1.74 bits per heavy atom. The molecule has 0 spiro atoms. The normalized spacial score (nSPS) is 13.9. The summed E-state index contributed by atoms with van der Waals surface area (Å²) in [6, 6.07) is 22.6. The molecule has 138 valence electrons. The van der Waals surface area contributed by atoms with Gasteiger partial charge in [-0.05, 0) is 40.5 Å². The van der Waals surface area contributed by atoms with Crippen molar-refractivity contribution in [3.63, 3.8) is 0 Å². The van der Waals surface area contributed by atoms with Crippen LogP contribution in [0.4, 0.5) is 0 Å². The van der Waals surface area contributed by atoms with Crippen molar-refractivity contribution in [3.8, 4) is 5.75 Å². The van der Waals surface area contributed by atoms with Gasteiger partial charge < -0.3 is 10.1 Å². The molecule has 0 saturated heterocycles. The van der Waals surface area contributed by atoms with Gasteiger partial charge in [0.05, 0.1) is 0 Å². The van der Waals surface area contributed by atoms with Gasteiger partial charge in [-0.3, -0.25) is 9.69 Å². The average Bonchev–Trinajstić information content (AvgIpc) is 2.72. The van der Waals surface area contributed by atoms with Gasteiger partial charge >= 0.3 is 0 Å². The number of nitrogens with zero attached hydrogens (tertiary/aromatic N) is 1. The number of carbonyl (C=O) groups is 1. The number of carbonyl (C=O) groups excluding carboxylic acids is 1. The molecule has 0 aliphatic carbocycles. The molecule has 1 heterocycles. The molecule has 0 saturated carbocycles. The van der Waals surface area contributed by atoms with E-state index in [0.29, 0.717) is 6.54 Å². The van der Waals surface area contributed by atoms with Crippen molar-refractivity contribution in [1.82, 2.24) is 10.2 Å². The van der Waals surface area contributed by atoms with E-state index in [2.05, 4.69) is 40.5 Å². The van der Waals surface area contributed by atoms with Crippen LogP contribution >= 0.6 is 0 Å². The van der Waals surface area contributed by atoms with Crippen molar-refractivity contribution < 1.29 is 9.53 Å². The van der Waals surface area contributed by atoms with Crippen LogP contribution in [-0.2, 0) is 17.8 Å². The number of benzene rings is 3. The lowest BCUT2D eigenvalue weighted by atomic mass is 10.00. The Morgan fingerprint density at radius 1 is 0.963 bits per heavy atom. The predicted molar refractivity (Wildman–Crippen MR) is 108 cm³/mol. The highest BCUT2D eigenvalue weighted by Crippen LogP contribution is 2.20. The summed E-state index contributed by atoms with van der Waals surface area (Å²) >= 11 is 0. The number of hydrogen-bond donors (Lipinski definition) is 1. The van der Waals surface area contributed by atoms with Gasteiger partial charge in [0.1, 0.15) is 5.75 Å². The van der Waals surface area contributed by atoms with Crippen LogP contribution in [0, 0.1) is 0 Å². The standard InChI is InChI=1S/C23H24N2O2/c26-23(17-27-22-10-9-18-5-1-3-7-20(18)15-22)24-12-14-25-13-11-19-6-2-4-8-21(19)16-25/h1-10,15H,11-14,16-17H2,(H,24,26). The zero-order valence-electron chi connectivity index (χ0n) is 15.4. The first-order valence-electron chi connectivity index (χ1n) is 9.45. The first kappa shape index (κ1) is 17.6. The third-order valence-corrected chi connectivity index (χ3v) is 5.05. The van der Waals surface area contributed by atoms with Crippen molar-refractivity contribution in [3.05, 3.63) is 77.9 Å². The SMILES string of the molecule is O=C(COc1ccc2ccccc2c1)NCCN1CCc2ccccc2C1. The van der Waals surface area contributed by atoms with Crippen LogP contribution < -0.4 is 10.1 Å². The third-order valence-electron chi connectivity index (χ3n) is 5.05. The monoisotopic (exact) mass is 360 g/mol. The summed E-state index contributed by atoms with van der Waals surface area (Å²) in [6.07, 6.45) is 1.08. The summed E-state index contributed by atoms with van der Waals surface area (Å²) in [4.78, 5) is 14.4. The fourth-order valence-corrected chi connectivity index (χ4v) is 3.56. The van der Waals surface area contributed by atoms with E-state index < -0.39 is 0 Å². The van der Waals surface area contributed by atoms with Gasteiger partial charge in [-0.25, -0.2) is 0 Å². The van der Waals surface area contributed by atoms with E-state index in [1.807, 2.05) is 36.4 Å². The van der Waals surface area contributed by atoms with E-state index in [9.17, 15) is 4.79 Å². The zero-order valence-corrected chi connectivity index (χ0v) is 15.4. The molecule has 1 N–H and O–H groups in total. The van der Waals surface area contributed by atoms with E-state index >= 15 is 0 Å². The third kappa shape index (κ3) is 4.47. The second-order valence-corrected chi connectivity index (χ2v) is 6.94. The highest BCUT2D eigenvalue weighted by atomic mass is 16.5. The average molecular weight is 360 g/mol. The molecule has 0 bridgehead atoms. The Kier molecular flexibility index (Phi) is 5.35. The Morgan fingerprint density at radius 3 is 2.63 bits per heavy atom. The fraction of sp³-hybridized carbons (Fsp3) is 0.261. The maximum absolute atomic E-state index is 12.1. The summed E-state index contributed by atoms with van der Waals surface area (Å²) < 4.78 is 5.64. The molecule has 0 fully saturated rings. The second kappa shape index (κ2) is 8.23. The van der Waals surface area contributed by atoms with Gasteiger partial charge in [-0.2, -0.15) is 0 Å². The molecule has 0 aromatic heterocycles. The summed E-state index contributed by atoms with van der Waals surface area (Å²) in [6.45, 7) is 3.54. The van der Waals surface area contributed by atoms with Gasteiger partial charge in [0.15, 0.2) is 6.61 Å². The molecule has 4 nitrogen and oxygen atoms in total. The molecule has 27 heavy (non-hydrogen) atoms. The van der Waals surface area contributed by atoms with Crippen LogP contribution in [0.2, 0.25) is 0 Å². The lowest BCUT2D eigenvalue weighted by Gasteiger charge is -2.28. The molecule has 0 unspecified atom stereocenters. The Balaban J connectivity index is 1.21. The summed E-state index contributed by atoms with van der Waals surface area (Å²) in [5.74, 6) is 0.636. The molecular weight excluding hydrogens is 336 g/mol. The molecule has 4 rings (SSSR count). The van der Waals surface area contributed by atoms with Crippen LogP contribution in [0.5, 0.6) is 5.75 Å². The Labute approximate surface area is 159 Å². The van der Waals surface area contributed by atoms with Crippen molar-refractivity contribution >= 4 is 16.7 Å². The second-order valence-electron chi connectivity index (χ2n) is 6.94. The first-order valence-corrected chi connectivity index (χ1v) is 9.45. The van der Waals surface area contributed by atoms with Crippen LogP contribution in [0.15, 0.2) is 66.7 Å². The Bertz CT molecular complexity index is 938. The highest BCUT2D eigenvalue weighted by Gasteiger charge is 2.15. The molecule has 1 aliphatic heterocycles. The number of amides is 1. The van der Waals surface area contributed by atoms with E-state index in [1.165, 1.54) is 11.1 Å². The summed E-state index contributed by atoms with van der Waals surface area (Å²) in [7, 11) is 0. The van der Waals surface area contributed by atoms with E-state index in [0.717, 1.165) is 42.6 Å². The number of hydrogen-bond acceptors (Lipinski definition) is 3. The van der Waals surface area contributed by atoms with Gasteiger partial charge in [0, 0.05) is 26.2 Å². The van der Waals surface area contributed by atoms with Gasteiger partial charge in [0.25, 0.3) is 5.91 Å². The lowest BCUT2D eigenvalue weighted by Crippen LogP contribution is -2.39. The van der Waals surface area contributed by atoms with E-state index in [4.69, 9.17) is 4.74 Å². The first-order chi connectivity index (χ1) is 13.3. The van der Waals surface area contributed by atoms with Crippen molar-refractivity contribution in [2.24, 2.45) is 0 Å². The lowest BCUT2D eigenvalue weighted by molar-refractivity contribution is -0.123. The van der Waals surface area contributed by atoms with Gasteiger partial charge in [0.2, 0.25) is 0 Å². The largest absolute Gasteiger partial charge is 0.484 e. The number of fused-ring (bicyclic) bond motifs is 2. The Hall–Kier alpha value is -2.85. The number of rotatable bonds is 6. The van der Waals surface area contributed by atoms with Crippen molar-refractivity contribution in [2.75, 3.05) is 26.2 Å². The summed E-state index contributed by atoms with van der Waals surface area (Å²) in [5, 5.41) is 5.23. The molecular formula is C23H24N2O2. The van der Waals surface area contributed by atoms with Crippen LogP contribution in [-0.4, -0.2) is 37.0 Å². The van der Waals surface area contributed by atoms with Crippen molar-refractivity contribution in [1.29, 1.82) is 0 Å². The maximum atomic E-state index is 12.1. The predicted octanol–water partition coefficient (Wildman–Crippen LogP) is 3.39. The van der Waals surface area contributed by atoms with Gasteiger partial charge in [-0.1, -0.05) is 54.6 Å². The molecule has 1 aliphatic rings. The topological polar surface area (TPSA) is 41.6 Å². The molecule has 4 heteroatoms. The summed E-state index contributed by atoms with van der Waals surface area (Å²) in [5.41, 5.74) is 2.84. The molecule has 0 radical (unpaired) electrons. The highest BCUT2D eigenvalue weighted by molar-refractivity contribution is 5.84. The van der Waals surface area contributed by atoms with Crippen molar-refractivity contribution in [2.45, 2.75) is 13.0 Å². The van der Waals surface area contributed by atoms with E-state index in [1.54, 1.807) is 0 Å². The maximum Gasteiger partial charge on any atom is 0.257 e. The smallest absolute Gasteiger partial charge is 0.257 e. The van der Waals surface area contributed by atoms with E-state index in [-0.39, 0.29) is 12.5 Å². The van der Waals surface area contributed by atoms with Crippen LogP contribution in [0.1, 0.15) is 11.1 Å². The molecule has 0 atom stereocenters. The minimum absolute atomic E-state index is 0.0428. The molecule has 1 amide bonds.